The first kappa shape index (κ1) is 19.7. The lowest BCUT2D eigenvalue weighted by Crippen LogP contribution is -2.38. The number of aliphatic carboxylic acids is 1. The molecule has 1 amide bonds. The summed E-state index contributed by atoms with van der Waals surface area (Å²) in [5.74, 6) is -1.38. The number of amides is 1. The van der Waals surface area contributed by atoms with E-state index in [2.05, 4.69) is 0 Å². The maximum atomic E-state index is 12.7. The number of hydrogen-bond acceptors (Lipinski definition) is 3. The zero-order valence-corrected chi connectivity index (χ0v) is 15.4. The number of carboxylic acids is 1. The summed E-state index contributed by atoms with van der Waals surface area (Å²) in [6, 6.07) is 9.87. The lowest BCUT2D eigenvalue weighted by molar-refractivity contribution is -0.137. The molecule has 2 rings (SSSR count). The van der Waals surface area contributed by atoms with Crippen LogP contribution in [0.4, 0.5) is 0 Å². The van der Waals surface area contributed by atoms with E-state index in [0.717, 1.165) is 5.56 Å². The second-order valence-electron chi connectivity index (χ2n) is 6.45. The summed E-state index contributed by atoms with van der Waals surface area (Å²) in [7, 11) is 0. The number of pyridine rings is 1. The molecule has 1 aromatic heterocycles. The van der Waals surface area contributed by atoms with Gasteiger partial charge in [-0.25, -0.2) is 0 Å². The molecule has 0 aliphatic carbocycles. The third-order valence-corrected chi connectivity index (χ3v) is 4.10. The highest BCUT2D eigenvalue weighted by Crippen LogP contribution is 2.16. The molecule has 0 spiro atoms. The standard InChI is InChI=1S/C19H21ClN2O4/c1-13(2)9-22(12-18(24)25)19(26)15-7-8-17(23)21(11-15)10-14-5-3-4-6-16(14)20/h3-8,11,13H,9-10,12H2,1-2H3,(H,24,25). The van der Waals surface area contributed by atoms with Crippen LogP contribution in [-0.2, 0) is 11.3 Å². The van der Waals surface area contributed by atoms with Gasteiger partial charge in [0, 0.05) is 23.8 Å². The third-order valence-electron chi connectivity index (χ3n) is 3.73. The fraction of sp³-hybridized carbons (Fsp3) is 0.316. The van der Waals surface area contributed by atoms with Crippen LogP contribution in [0, 0.1) is 5.92 Å². The Bertz CT molecular complexity index is 861. The third kappa shape index (κ3) is 5.20. The molecule has 0 aliphatic rings. The van der Waals surface area contributed by atoms with Crippen LogP contribution < -0.4 is 5.56 Å². The van der Waals surface area contributed by atoms with Gasteiger partial charge < -0.3 is 14.6 Å². The molecule has 7 heteroatoms. The van der Waals surface area contributed by atoms with Crippen LogP contribution in [0.25, 0.3) is 0 Å². The molecule has 0 fully saturated rings. The van der Waals surface area contributed by atoms with E-state index < -0.39 is 11.9 Å². The van der Waals surface area contributed by atoms with Crippen molar-refractivity contribution in [1.29, 1.82) is 0 Å². The summed E-state index contributed by atoms with van der Waals surface area (Å²) in [5, 5.41) is 9.58. The van der Waals surface area contributed by atoms with E-state index in [4.69, 9.17) is 16.7 Å². The highest BCUT2D eigenvalue weighted by molar-refractivity contribution is 6.31. The topological polar surface area (TPSA) is 79.6 Å². The zero-order chi connectivity index (χ0) is 19.3. The molecule has 0 radical (unpaired) electrons. The van der Waals surface area contributed by atoms with Crippen molar-refractivity contribution in [1.82, 2.24) is 9.47 Å². The molecule has 0 saturated heterocycles. The van der Waals surface area contributed by atoms with Crippen LogP contribution in [0.1, 0.15) is 29.8 Å². The van der Waals surface area contributed by atoms with Gasteiger partial charge in [-0.05, 0) is 23.6 Å². The molecule has 0 unspecified atom stereocenters. The van der Waals surface area contributed by atoms with Gasteiger partial charge in [0.25, 0.3) is 11.5 Å². The predicted octanol–water partition coefficient (Wildman–Crippen LogP) is 2.73. The molecule has 1 aromatic carbocycles. The first-order valence-corrected chi connectivity index (χ1v) is 8.60. The van der Waals surface area contributed by atoms with Gasteiger partial charge in [0.15, 0.2) is 0 Å². The van der Waals surface area contributed by atoms with E-state index in [9.17, 15) is 14.4 Å². The summed E-state index contributed by atoms with van der Waals surface area (Å²) in [4.78, 5) is 37.2. The quantitative estimate of drug-likeness (QED) is 0.805. The Morgan fingerprint density at radius 1 is 1.19 bits per heavy atom. The molecule has 0 aliphatic heterocycles. The van der Waals surface area contributed by atoms with Crippen molar-refractivity contribution in [2.45, 2.75) is 20.4 Å². The summed E-state index contributed by atoms with van der Waals surface area (Å²) in [6.07, 6.45) is 1.45. The van der Waals surface area contributed by atoms with Crippen LogP contribution in [0.5, 0.6) is 0 Å². The molecule has 138 valence electrons. The molecule has 1 N–H and O–H groups in total. The minimum atomic E-state index is -1.08. The van der Waals surface area contributed by atoms with Gasteiger partial charge in [-0.15, -0.1) is 0 Å². The van der Waals surface area contributed by atoms with E-state index in [1.54, 1.807) is 18.2 Å². The van der Waals surface area contributed by atoms with Crippen LogP contribution in [-0.4, -0.2) is 39.5 Å². The number of carbonyl (C=O) groups is 2. The van der Waals surface area contributed by atoms with E-state index in [0.29, 0.717) is 11.6 Å². The van der Waals surface area contributed by atoms with E-state index in [1.807, 2.05) is 19.9 Å². The van der Waals surface area contributed by atoms with E-state index in [-0.39, 0.29) is 30.1 Å². The fourth-order valence-corrected chi connectivity index (χ4v) is 2.79. The number of nitrogens with zero attached hydrogens (tertiary/aromatic N) is 2. The average molecular weight is 377 g/mol. The fourth-order valence-electron chi connectivity index (χ4n) is 2.60. The molecule has 0 saturated carbocycles. The highest BCUT2D eigenvalue weighted by atomic mass is 35.5. The molecular weight excluding hydrogens is 356 g/mol. The number of aromatic nitrogens is 1. The SMILES string of the molecule is CC(C)CN(CC(=O)O)C(=O)c1ccc(=O)n(Cc2ccccc2Cl)c1. The number of benzene rings is 1. The zero-order valence-electron chi connectivity index (χ0n) is 14.7. The second-order valence-corrected chi connectivity index (χ2v) is 6.86. The Hall–Kier alpha value is -2.60. The summed E-state index contributed by atoms with van der Waals surface area (Å²) < 4.78 is 1.39. The molecule has 2 aromatic rings. The van der Waals surface area contributed by atoms with Gasteiger partial charge in [-0.3, -0.25) is 14.4 Å². The Morgan fingerprint density at radius 2 is 1.88 bits per heavy atom. The molecule has 1 heterocycles. The summed E-state index contributed by atoms with van der Waals surface area (Å²) in [6.45, 7) is 3.96. The number of rotatable bonds is 7. The second kappa shape index (κ2) is 8.67. The van der Waals surface area contributed by atoms with Gasteiger partial charge in [-0.1, -0.05) is 43.6 Å². The van der Waals surface area contributed by atoms with Gasteiger partial charge in [-0.2, -0.15) is 0 Å². The normalized spacial score (nSPS) is 10.8. The Labute approximate surface area is 156 Å². The largest absolute Gasteiger partial charge is 0.480 e. The van der Waals surface area contributed by atoms with Crippen molar-refractivity contribution >= 4 is 23.5 Å². The number of halogens is 1. The van der Waals surface area contributed by atoms with Crippen molar-refractivity contribution in [3.8, 4) is 0 Å². The molecule has 6 nitrogen and oxygen atoms in total. The first-order valence-electron chi connectivity index (χ1n) is 8.23. The summed E-state index contributed by atoms with van der Waals surface area (Å²) >= 11 is 6.14. The Kier molecular flexibility index (Phi) is 6.58. The van der Waals surface area contributed by atoms with Gasteiger partial charge in [0.2, 0.25) is 0 Å². The number of hydrogen-bond donors (Lipinski definition) is 1. The average Bonchev–Trinajstić information content (AvgIpc) is 2.56. The van der Waals surface area contributed by atoms with Crippen molar-refractivity contribution in [3.63, 3.8) is 0 Å². The van der Waals surface area contributed by atoms with Crippen LogP contribution in [0.15, 0.2) is 47.4 Å². The lowest BCUT2D eigenvalue weighted by atomic mass is 10.1. The van der Waals surface area contributed by atoms with Gasteiger partial charge >= 0.3 is 5.97 Å². The van der Waals surface area contributed by atoms with E-state index in [1.165, 1.54) is 27.8 Å². The smallest absolute Gasteiger partial charge is 0.323 e. The molecule has 0 atom stereocenters. The maximum Gasteiger partial charge on any atom is 0.323 e. The van der Waals surface area contributed by atoms with Crippen LogP contribution in [0.3, 0.4) is 0 Å². The van der Waals surface area contributed by atoms with Crippen molar-refractivity contribution in [2.75, 3.05) is 13.1 Å². The number of carbonyl (C=O) groups excluding carboxylic acids is 1. The Balaban J connectivity index is 2.32. The van der Waals surface area contributed by atoms with Crippen molar-refractivity contribution in [3.05, 3.63) is 69.1 Å². The molecular formula is C19H21ClN2O4. The minimum Gasteiger partial charge on any atom is -0.480 e. The first-order chi connectivity index (χ1) is 12.3. The van der Waals surface area contributed by atoms with Crippen LogP contribution >= 0.6 is 11.6 Å². The minimum absolute atomic E-state index is 0.118. The van der Waals surface area contributed by atoms with Gasteiger partial charge in [0.05, 0.1) is 12.1 Å². The molecule has 26 heavy (non-hydrogen) atoms. The van der Waals surface area contributed by atoms with Crippen molar-refractivity contribution in [2.24, 2.45) is 5.92 Å². The summed E-state index contributed by atoms with van der Waals surface area (Å²) in [5.41, 5.74) is 0.749. The van der Waals surface area contributed by atoms with Gasteiger partial charge in [0.1, 0.15) is 6.54 Å². The Morgan fingerprint density at radius 3 is 2.50 bits per heavy atom. The highest BCUT2D eigenvalue weighted by Gasteiger charge is 2.20. The monoisotopic (exact) mass is 376 g/mol. The molecule has 0 bridgehead atoms. The van der Waals surface area contributed by atoms with E-state index >= 15 is 0 Å². The lowest BCUT2D eigenvalue weighted by Gasteiger charge is -2.23. The van der Waals surface area contributed by atoms with Crippen molar-refractivity contribution < 1.29 is 14.7 Å². The number of carboxylic acid groups (broad SMARTS) is 1. The maximum absolute atomic E-state index is 12.7. The van der Waals surface area contributed by atoms with Crippen LogP contribution in [0.2, 0.25) is 5.02 Å². The predicted molar refractivity (Wildman–Crippen MR) is 99.6 cm³/mol.